The molecule has 1 aromatic carbocycles. The first-order chi connectivity index (χ1) is 10.0. The van der Waals surface area contributed by atoms with Crippen LogP contribution in [0.1, 0.15) is 19.3 Å². The van der Waals surface area contributed by atoms with Gasteiger partial charge >= 0.3 is 0 Å². The van der Waals surface area contributed by atoms with Gasteiger partial charge in [-0.25, -0.2) is 0 Å². The molecular weight excluding hydrogens is 313 g/mol. The number of nitrogens with two attached hydrogens (primary N) is 1. The van der Waals surface area contributed by atoms with Crippen molar-refractivity contribution in [2.45, 2.75) is 25.3 Å². The summed E-state index contributed by atoms with van der Waals surface area (Å²) in [5.74, 6) is -0.160. The van der Waals surface area contributed by atoms with E-state index in [2.05, 4.69) is 10.2 Å². The van der Waals surface area contributed by atoms with Crippen LogP contribution in [-0.4, -0.2) is 41.7 Å². The summed E-state index contributed by atoms with van der Waals surface area (Å²) in [7, 11) is 0. The van der Waals surface area contributed by atoms with E-state index in [1.165, 1.54) is 0 Å². The van der Waals surface area contributed by atoms with Gasteiger partial charge in [-0.2, -0.15) is 0 Å². The molecule has 0 bridgehead atoms. The molecule has 2 rings (SSSR count). The number of nitrogens with zero attached hydrogens (tertiary/aromatic N) is 1. The van der Waals surface area contributed by atoms with Gasteiger partial charge in [-0.3, -0.25) is 9.69 Å². The number of nitrogen functional groups attached to an aromatic ring is 1. The molecule has 0 aliphatic heterocycles. The van der Waals surface area contributed by atoms with Gasteiger partial charge in [-0.1, -0.05) is 23.2 Å². The maximum absolute atomic E-state index is 12.0. The molecule has 1 fully saturated rings. The van der Waals surface area contributed by atoms with Gasteiger partial charge in [0.15, 0.2) is 0 Å². The van der Waals surface area contributed by atoms with Crippen LogP contribution in [0.5, 0.6) is 0 Å². The first-order valence-corrected chi connectivity index (χ1v) is 7.66. The molecule has 0 radical (unpaired) electrons. The number of hydrogen-bond donors (Lipinski definition) is 3. The van der Waals surface area contributed by atoms with E-state index in [-0.39, 0.29) is 12.5 Å². The van der Waals surface area contributed by atoms with Crippen LogP contribution in [0, 0.1) is 0 Å². The summed E-state index contributed by atoms with van der Waals surface area (Å²) >= 11 is 12.1. The van der Waals surface area contributed by atoms with E-state index in [0.29, 0.717) is 47.0 Å². The Hall–Kier alpha value is -1.01. The first kappa shape index (κ1) is 16.4. The first-order valence-electron chi connectivity index (χ1n) is 6.90. The van der Waals surface area contributed by atoms with Crippen molar-refractivity contribution in [2.75, 3.05) is 30.7 Å². The number of carbonyl (C=O) groups is 1. The van der Waals surface area contributed by atoms with Crippen LogP contribution in [0.3, 0.4) is 0 Å². The smallest absolute Gasteiger partial charge is 0.225 e. The van der Waals surface area contributed by atoms with Crippen molar-refractivity contribution in [2.24, 2.45) is 0 Å². The highest BCUT2D eigenvalue weighted by atomic mass is 35.5. The normalized spacial score (nSPS) is 14.5. The lowest BCUT2D eigenvalue weighted by atomic mass is 10.2. The molecule has 1 aliphatic rings. The fraction of sp³-hybridized carbons (Fsp3) is 0.500. The van der Waals surface area contributed by atoms with Crippen LogP contribution in [0.2, 0.25) is 10.0 Å². The van der Waals surface area contributed by atoms with Crippen LogP contribution in [0.25, 0.3) is 0 Å². The van der Waals surface area contributed by atoms with Crippen LogP contribution in [0.15, 0.2) is 12.1 Å². The predicted molar refractivity (Wildman–Crippen MR) is 85.8 cm³/mol. The minimum absolute atomic E-state index is 0.105. The highest BCUT2D eigenvalue weighted by molar-refractivity contribution is 6.40. The summed E-state index contributed by atoms with van der Waals surface area (Å²) in [5, 5.41) is 12.4. The molecule has 5 nitrogen and oxygen atoms in total. The standard InChI is InChI=1S/C14H19Cl2N3O2/c15-11-7-9(17)8-12(16)14(11)18-13(21)3-4-19(5-6-20)10-1-2-10/h7-8,10,20H,1-6,17H2,(H,18,21). The van der Waals surface area contributed by atoms with Crippen LogP contribution >= 0.6 is 23.2 Å². The van der Waals surface area contributed by atoms with E-state index < -0.39 is 0 Å². The van der Waals surface area contributed by atoms with Crippen molar-refractivity contribution >= 4 is 40.5 Å². The van der Waals surface area contributed by atoms with Crippen molar-refractivity contribution in [1.82, 2.24) is 4.90 Å². The summed E-state index contributed by atoms with van der Waals surface area (Å²) in [6.45, 7) is 1.32. The zero-order chi connectivity index (χ0) is 15.4. The maximum atomic E-state index is 12.0. The van der Waals surface area contributed by atoms with E-state index in [1.54, 1.807) is 12.1 Å². The highest BCUT2D eigenvalue weighted by Crippen LogP contribution is 2.33. The van der Waals surface area contributed by atoms with Gasteiger partial charge in [-0.05, 0) is 25.0 Å². The molecule has 0 spiro atoms. The second-order valence-corrected chi connectivity index (χ2v) is 5.96. The zero-order valence-electron chi connectivity index (χ0n) is 11.6. The van der Waals surface area contributed by atoms with Gasteiger partial charge in [0.1, 0.15) is 0 Å². The van der Waals surface area contributed by atoms with E-state index in [0.717, 1.165) is 12.8 Å². The Morgan fingerprint density at radius 3 is 2.48 bits per heavy atom. The van der Waals surface area contributed by atoms with E-state index in [1.807, 2.05) is 0 Å². The SMILES string of the molecule is Nc1cc(Cl)c(NC(=O)CCN(CCO)C2CC2)c(Cl)c1. The summed E-state index contributed by atoms with van der Waals surface area (Å²) in [4.78, 5) is 14.1. The predicted octanol–water partition coefficient (Wildman–Crippen LogP) is 2.36. The summed E-state index contributed by atoms with van der Waals surface area (Å²) in [6, 6.07) is 3.60. The maximum Gasteiger partial charge on any atom is 0.225 e. The van der Waals surface area contributed by atoms with Gasteiger partial charge in [0, 0.05) is 31.2 Å². The van der Waals surface area contributed by atoms with E-state index in [9.17, 15) is 4.79 Å². The average Bonchev–Trinajstić information content (AvgIpc) is 3.23. The van der Waals surface area contributed by atoms with Crippen LogP contribution < -0.4 is 11.1 Å². The monoisotopic (exact) mass is 331 g/mol. The third-order valence-electron chi connectivity index (χ3n) is 3.41. The fourth-order valence-electron chi connectivity index (χ4n) is 2.20. The largest absolute Gasteiger partial charge is 0.399 e. The molecule has 0 atom stereocenters. The number of halogens is 2. The third-order valence-corrected chi connectivity index (χ3v) is 4.00. The number of benzene rings is 1. The van der Waals surface area contributed by atoms with Crippen molar-refractivity contribution in [3.63, 3.8) is 0 Å². The van der Waals surface area contributed by atoms with Crippen molar-refractivity contribution in [3.8, 4) is 0 Å². The minimum atomic E-state index is -0.160. The summed E-state index contributed by atoms with van der Waals surface area (Å²) < 4.78 is 0. The van der Waals surface area contributed by atoms with Gasteiger partial charge in [0.2, 0.25) is 5.91 Å². The molecule has 7 heteroatoms. The molecule has 0 aromatic heterocycles. The Balaban J connectivity index is 1.89. The third kappa shape index (κ3) is 4.74. The Kier molecular flexibility index (Phi) is 5.70. The summed E-state index contributed by atoms with van der Waals surface area (Å²) in [5.41, 5.74) is 6.46. The van der Waals surface area contributed by atoms with Gasteiger partial charge in [0.05, 0.1) is 22.3 Å². The Bertz CT molecular complexity index is 498. The van der Waals surface area contributed by atoms with Gasteiger partial charge in [0.25, 0.3) is 0 Å². The number of nitrogens with one attached hydrogen (secondary N) is 1. The molecule has 1 aliphatic carbocycles. The molecule has 0 saturated heterocycles. The van der Waals surface area contributed by atoms with E-state index >= 15 is 0 Å². The number of aliphatic hydroxyl groups is 1. The quantitative estimate of drug-likeness (QED) is 0.670. The molecular formula is C14H19Cl2N3O2. The molecule has 1 aromatic rings. The van der Waals surface area contributed by atoms with Crippen molar-refractivity contribution in [1.29, 1.82) is 0 Å². The number of rotatable bonds is 7. The second-order valence-electron chi connectivity index (χ2n) is 5.15. The number of amides is 1. The van der Waals surface area contributed by atoms with Crippen LogP contribution in [0.4, 0.5) is 11.4 Å². The zero-order valence-corrected chi connectivity index (χ0v) is 13.1. The molecule has 4 N–H and O–H groups in total. The number of hydrogen-bond acceptors (Lipinski definition) is 4. The average molecular weight is 332 g/mol. The summed E-state index contributed by atoms with van der Waals surface area (Å²) in [6.07, 6.45) is 2.60. The lowest BCUT2D eigenvalue weighted by Crippen LogP contribution is -2.32. The molecule has 1 amide bonds. The number of anilines is 2. The van der Waals surface area contributed by atoms with Crippen molar-refractivity contribution in [3.05, 3.63) is 22.2 Å². The molecule has 21 heavy (non-hydrogen) atoms. The van der Waals surface area contributed by atoms with E-state index in [4.69, 9.17) is 34.0 Å². The molecule has 0 unspecified atom stereocenters. The van der Waals surface area contributed by atoms with Gasteiger partial charge in [-0.15, -0.1) is 0 Å². The van der Waals surface area contributed by atoms with Gasteiger partial charge < -0.3 is 16.2 Å². The fourth-order valence-corrected chi connectivity index (χ4v) is 2.80. The molecule has 0 heterocycles. The molecule has 1 saturated carbocycles. The van der Waals surface area contributed by atoms with Crippen molar-refractivity contribution < 1.29 is 9.90 Å². The topological polar surface area (TPSA) is 78.6 Å². The number of carbonyl (C=O) groups excluding carboxylic acids is 1. The minimum Gasteiger partial charge on any atom is -0.399 e. The number of aliphatic hydroxyl groups excluding tert-OH is 1. The highest BCUT2D eigenvalue weighted by Gasteiger charge is 2.28. The Morgan fingerprint density at radius 2 is 1.95 bits per heavy atom. The Morgan fingerprint density at radius 1 is 1.33 bits per heavy atom. The van der Waals surface area contributed by atoms with Crippen LogP contribution in [-0.2, 0) is 4.79 Å². The lowest BCUT2D eigenvalue weighted by Gasteiger charge is -2.20. The second kappa shape index (κ2) is 7.31. The lowest BCUT2D eigenvalue weighted by molar-refractivity contribution is -0.116. The Labute approximate surface area is 134 Å². The molecule has 116 valence electrons.